The molecule has 1 heterocycles. The summed E-state index contributed by atoms with van der Waals surface area (Å²) in [5.74, 6) is 0.593. The summed E-state index contributed by atoms with van der Waals surface area (Å²) in [6.07, 6.45) is 0.936. The van der Waals surface area contributed by atoms with Crippen LogP contribution in [0.1, 0.15) is 11.4 Å². The van der Waals surface area contributed by atoms with Gasteiger partial charge in [-0.1, -0.05) is 47.7 Å². The molecule has 106 valence electrons. The number of nitrogens with one attached hydrogen (secondary N) is 2. The SMILES string of the molecule is O=C(Cc1cccc2ccccc12)NCCc1nn[nH]n1. The molecule has 6 heteroatoms. The second kappa shape index (κ2) is 6.13. The van der Waals surface area contributed by atoms with Crippen LogP contribution in [0.25, 0.3) is 10.8 Å². The van der Waals surface area contributed by atoms with Gasteiger partial charge in [-0.15, -0.1) is 10.2 Å². The molecule has 0 aliphatic rings. The Morgan fingerprint density at radius 1 is 1.14 bits per heavy atom. The van der Waals surface area contributed by atoms with E-state index in [1.54, 1.807) is 0 Å². The van der Waals surface area contributed by atoms with Crippen molar-refractivity contribution in [2.75, 3.05) is 6.54 Å². The van der Waals surface area contributed by atoms with Crippen LogP contribution >= 0.6 is 0 Å². The number of fused-ring (bicyclic) bond motifs is 1. The summed E-state index contributed by atoms with van der Waals surface area (Å²) in [5, 5.41) is 18.7. The van der Waals surface area contributed by atoms with E-state index >= 15 is 0 Å². The van der Waals surface area contributed by atoms with Gasteiger partial charge in [-0.3, -0.25) is 4.79 Å². The molecule has 0 saturated carbocycles. The Bertz CT molecular complexity index is 733. The molecule has 0 bridgehead atoms. The summed E-state index contributed by atoms with van der Waals surface area (Å²) in [4.78, 5) is 12.0. The first-order chi connectivity index (χ1) is 10.3. The Balaban J connectivity index is 1.61. The molecule has 1 aromatic heterocycles. The highest BCUT2D eigenvalue weighted by molar-refractivity contribution is 5.90. The van der Waals surface area contributed by atoms with Crippen molar-refractivity contribution < 1.29 is 4.79 Å². The molecule has 2 aromatic carbocycles. The topological polar surface area (TPSA) is 83.6 Å². The number of amides is 1. The molecule has 0 spiro atoms. The minimum atomic E-state index is -0.00477. The smallest absolute Gasteiger partial charge is 0.224 e. The van der Waals surface area contributed by atoms with Gasteiger partial charge in [-0.05, 0) is 16.3 Å². The Morgan fingerprint density at radius 3 is 2.86 bits per heavy atom. The number of aromatic nitrogens is 4. The molecule has 21 heavy (non-hydrogen) atoms. The zero-order valence-corrected chi connectivity index (χ0v) is 11.4. The first-order valence-corrected chi connectivity index (χ1v) is 6.78. The number of hydrogen-bond acceptors (Lipinski definition) is 4. The molecule has 0 saturated heterocycles. The largest absolute Gasteiger partial charge is 0.355 e. The van der Waals surface area contributed by atoms with Gasteiger partial charge in [0, 0.05) is 13.0 Å². The molecule has 0 radical (unpaired) electrons. The summed E-state index contributed by atoms with van der Waals surface area (Å²) in [6, 6.07) is 14.1. The van der Waals surface area contributed by atoms with E-state index in [0.29, 0.717) is 25.2 Å². The van der Waals surface area contributed by atoms with E-state index in [1.807, 2.05) is 42.5 Å². The molecule has 0 aliphatic carbocycles. The molecule has 0 unspecified atom stereocenters. The van der Waals surface area contributed by atoms with Gasteiger partial charge >= 0.3 is 0 Å². The number of tetrazole rings is 1. The van der Waals surface area contributed by atoms with E-state index in [0.717, 1.165) is 16.3 Å². The number of benzene rings is 2. The number of nitrogens with zero attached hydrogens (tertiary/aromatic N) is 3. The lowest BCUT2D eigenvalue weighted by molar-refractivity contribution is -0.120. The van der Waals surface area contributed by atoms with E-state index < -0.39 is 0 Å². The Hall–Kier alpha value is -2.76. The van der Waals surface area contributed by atoms with Gasteiger partial charge in [0.25, 0.3) is 0 Å². The Labute approximate surface area is 121 Å². The third-order valence-corrected chi connectivity index (χ3v) is 3.29. The Kier molecular flexibility index (Phi) is 3.86. The average Bonchev–Trinajstić information content (AvgIpc) is 3.01. The fourth-order valence-corrected chi connectivity index (χ4v) is 2.28. The van der Waals surface area contributed by atoms with Crippen molar-refractivity contribution in [3.05, 3.63) is 53.9 Å². The summed E-state index contributed by atoms with van der Waals surface area (Å²) < 4.78 is 0. The minimum Gasteiger partial charge on any atom is -0.355 e. The van der Waals surface area contributed by atoms with Crippen LogP contribution < -0.4 is 5.32 Å². The van der Waals surface area contributed by atoms with Crippen LogP contribution in [0.4, 0.5) is 0 Å². The van der Waals surface area contributed by atoms with Crippen LogP contribution in [0.5, 0.6) is 0 Å². The van der Waals surface area contributed by atoms with Gasteiger partial charge in [-0.25, -0.2) is 0 Å². The number of carbonyl (C=O) groups is 1. The van der Waals surface area contributed by atoms with Gasteiger partial charge in [0.15, 0.2) is 5.82 Å². The van der Waals surface area contributed by atoms with Crippen molar-refractivity contribution in [1.29, 1.82) is 0 Å². The van der Waals surface area contributed by atoms with Crippen LogP contribution in [0.2, 0.25) is 0 Å². The monoisotopic (exact) mass is 281 g/mol. The predicted molar refractivity (Wildman–Crippen MR) is 78.5 cm³/mol. The molecule has 1 amide bonds. The number of aromatic amines is 1. The number of hydrogen-bond donors (Lipinski definition) is 2. The summed E-state index contributed by atoms with van der Waals surface area (Å²) in [5.41, 5.74) is 1.03. The van der Waals surface area contributed by atoms with Gasteiger partial charge in [0.1, 0.15) is 0 Å². The van der Waals surface area contributed by atoms with E-state index in [4.69, 9.17) is 0 Å². The fourth-order valence-electron chi connectivity index (χ4n) is 2.28. The minimum absolute atomic E-state index is 0.00477. The predicted octanol–water partition coefficient (Wildman–Crippen LogP) is 1.25. The molecule has 6 nitrogen and oxygen atoms in total. The van der Waals surface area contributed by atoms with Gasteiger partial charge in [0.2, 0.25) is 5.91 Å². The van der Waals surface area contributed by atoms with Crippen LogP contribution in [0.3, 0.4) is 0 Å². The average molecular weight is 281 g/mol. The molecule has 3 rings (SSSR count). The maximum atomic E-state index is 12.0. The highest BCUT2D eigenvalue weighted by atomic mass is 16.1. The summed E-state index contributed by atoms with van der Waals surface area (Å²) >= 11 is 0. The normalized spacial score (nSPS) is 10.7. The van der Waals surface area contributed by atoms with Crippen LogP contribution in [-0.2, 0) is 17.6 Å². The van der Waals surface area contributed by atoms with Crippen molar-refractivity contribution in [2.45, 2.75) is 12.8 Å². The van der Waals surface area contributed by atoms with Crippen LogP contribution in [0.15, 0.2) is 42.5 Å². The molecule has 2 N–H and O–H groups in total. The summed E-state index contributed by atoms with van der Waals surface area (Å²) in [7, 11) is 0. The van der Waals surface area contributed by atoms with Gasteiger partial charge in [0.05, 0.1) is 6.42 Å². The maximum absolute atomic E-state index is 12.0. The fraction of sp³-hybridized carbons (Fsp3) is 0.200. The van der Waals surface area contributed by atoms with Crippen LogP contribution in [0, 0.1) is 0 Å². The third kappa shape index (κ3) is 3.22. The van der Waals surface area contributed by atoms with Crippen molar-refractivity contribution in [1.82, 2.24) is 25.9 Å². The molecule has 0 aliphatic heterocycles. The number of H-pyrrole nitrogens is 1. The summed E-state index contributed by atoms with van der Waals surface area (Å²) in [6.45, 7) is 0.503. The first-order valence-electron chi connectivity index (χ1n) is 6.78. The van der Waals surface area contributed by atoms with Crippen molar-refractivity contribution in [2.24, 2.45) is 0 Å². The molecule has 0 atom stereocenters. The molecule has 3 aromatic rings. The lowest BCUT2D eigenvalue weighted by Gasteiger charge is -2.07. The van der Waals surface area contributed by atoms with Crippen molar-refractivity contribution in [3.63, 3.8) is 0 Å². The van der Waals surface area contributed by atoms with Crippen LogP contribution in [-0.4, -0.2) is 33.1 Å². The van der Waals surface area contributed by atoms with Gasteiger partial charge in [-0.2, -0.15) is 5.21 Å². The van der Waals surface area contributed by atoms with E-state index in [9.17, 15) is 4.79 Å². The van der Waals surface area contributed by atoms with E-state index in [1.165, 1.54) is 0 Å². The lowest BCUT2D eigenvalue weighted by atomic mass is 10.0. The second-order valence-electron chi connectivity index (χ2n) is 4.74. The van der Waals surface area contributed by atoms with E-state index in [2.05, 4.69) is 25.9 Å². The molecular formula is C15H15N5O. The zero-order valence-electron chi connectivity index (χ0n) is 11.4. The zero-order chi connectivity index (χ0) is 14.5. The van der Waals surface area contributed by atoms with Gasteiger partial charge < -0.3 is 5.32 Å². The maximum Gasteiger partial charge on any atom is 0.224 e. The second-order valence-corrected chi connectivity index (χ2v) is 4.74. The highest BCUT2D eigenvalue weighted by Gasteiger charge is 2.07. The first kappa shape index (κ1) is 13.2. The number of carbonyl (C=O) groups excluding carboxylic acids is 1. The molecular weight excluding hydrogens is 266 g/mol. The third-order valence-electron chi connectivity index (χ3n) is 3.29. The Morgan fingerprint density at radius 2 is 2.00 bits per heavy atom. The van der Waals surface area contributed by atoms with Crippen molar-refractivity contribution in [3.8, 4) is 0 Å². The van der Waals surface area contributed by atoms with Crippen molar-refractivity contribution >= 4 is 16.7 Å². The quantitative estimate of drug-likeness (QED) is 0.737. The molecule has 0 fully saturated rings. The lowest BCUT2D eigenvalue weighted by Crippen LogP contribution is -2.27. The number of rotatable bonds is 5. The highest BCUT2D eigenvalue weighted by Crippen LogP contribution is 2.18. The standard InChI is InChI=1S/C15H15N5O/c21-15(16-9-8-14-17-19-20-18-14)10-12-6-3-5-11-4-1-2-7-13(11)12/h1-7H,8-10H2,(H,16,21)(H,17,18,19,20). The van der Waals surface area contributed by atoms with E-state index in [-0.39, 0.29) is 5.91 Å².